The van der Waals surface area contributed by atoms with Gasteiger partial charge in [0.1, 0.15) is 0 Å². The summed E-state index contributed by atoms with van der Waals surface area (Å²) in [5, 5.41) is 3.97. The summed E-state index contributed by atoms with van der Waals surface area (Å²) in [7, 11) is -2.13. The Morgan fingerprint density at radius 1 is 1.13 bits per heavy atom. The number of halogens is 2. The van der Waals surface area contributed by atoms with Gasteiger partial charge in [-0.05, 0) is 42.4 Å². The lowest BCUT2D eigenvalue weighted by molar-refractivity contribution is -0.121. The van der Waals surface area contributed by atoms with Gasteiger partial charge in [-0.3, -0.25) is 9.69 Å². The molecule has 1 aliphatic heterocycles. The summed E-state index contributed by atoms with van der Waals surface area (Å²) >= 11 is 12.1. The average Bonchev–Trinajstić information content (AvgIpc) is 2.75. The van der Waals surface area contributed by atoms with Crippen molar-refractivity contribution in [3.63, 3.8) is 0 Å². The van der Waals surface area contributed by atoms with Crippen LogP contribution in [0.5, 0.6) is 0 Å². The van der Waals surface area contributed by atoms with Crippen molar-refractivity contribution < 1.29 is 17.9 Å². The monoisotopic (exact) mass is 485 g/mol. The molecular weight excluding hydrogens is 461 g/mol. The zero-order chi connectivity index (χ0) is 22.4. The summed E-state index contributed by atoms with van der Waals surface area (Å²) in [6.45, 7) is 3.21. The number of carbonyl (C=O) groups is 1. The predicted octanol–water partition coefficient (Wildman–Crippen LogP) is 2.46. The van der Waals surface area contributed by atoms with E-state index in [0.29, 0.717) is 29.7 Å². The van der Waals surface area contributed by atoms with Gasteiger partial charge in [0.25, 0.3) is 0 Å². The van der Waals surface area contributed by atoms with Crippen LogP contribution in [-0.4, -0.2) is 58.6 Å². The fourth-order valence-electron chi connectivity index (χ4n) is 3.32. The highest BCUT2D eigenvalue weighted by Crippen LogP contribution is 2.23. The molecule has 0 spiro atoms. The summed E-state index contributed by atoms with van der Waals surface area (Å²) < 4.78 is 31.6. The first-order chi connectivity index (χ1) is 14.8. The molecular formula is C21H25Cl2N3O4S. The van der Waals surface area contributed by atoms with Crippen LogP contribution in [0.4, 0.5) is 0 Å². The fourth-order valence-corrected chi connectivity index (χ4v) is 4.37. The summed E-state index contributed by atoms with van der Waals surface area (Å²) in [4.78, 5) is 14.7. The second kappa shape index (κ2) is 10.8. The van der Waals surface area contributed by atoms with Crippen molar-refractivity contribution in [3.8, 4) is 0 Å². The quantitative estimate of drug-likeness (QED) is 0.599. The molecule has 0 bridgehead atoms. The molecule has 1 amide bonds. The van der Waals surface area contributed by atoms with Gasteiger partial charge in [0.05, 0.1) is 34.1 Å². The van der Waals surface area contributed by atoms with E-state index in [4.69, 9.17) is 27.9 Å². The Morgan fingerprint density at radius 3 is 2.52 bits per heavy atom. The SMILES string of the molecule is CNS(=O)(=O)c1ccc(CC(=O)NC[C@H]2CN(Cc3ccc(Cl)c(Cl)c3)CCO2)cc1. The van der Waals surface area contributed by atoms with Crippen molar-refractivity contribution in [1.29, 1.82) is 0 Å². The molecule has 7 nitrogen and oxygen atoms in total. The molecule has 2 aromatic carbocycles. The van der Waals surface area contributed by atoms with Crippen LogP contribution in [0.25, 0.3) is 0 Å². The zero-order valence-corrected chi connectivity index (χ0v) is 19.4. The van der Waals surface area contributed by atoms with Gasteiger partial charge in [-0.1, -0.05) is 41.4 Å². The van der Waals surface area contributed by atoms with Crippen molar-refractivity contribution in [2.45, 2.75) is 24.0 Å². The van der Waals surface area contributed by atoms with Crippen LogP contribution in [0.15, 0.2) is 47.4 Å². The minimum absolute atomic E-state index is 0.108. The van der Waals surface area contributed by atoms with E-state index in [1.54, 1.807) is 18.2 Å². The number of benzene rings is 2. The highest BCUT2D eigenvalue weighted by Gasteiger charge is 2.21. The first kappa shape index (κ1) is 24.0. The van der Waals surface area contributed by atoms with E-state index in [9.17, 15) is 13.2 Å². The molecule has 168 valence electrons. The normalized spacial score (nSPS) is 17.5. The standard InChI is InChI=1S/C21H25Cl2N3O4S/c1-24-31(28,29)18-5-2-15(3-6-18)11-21(27)25-12-17-14-26(8-9-30-17)13-16-4-7-19(22)20(23)10-16/h2-7,10,17,24H,8-9,11-14H2,1H3,(H,25,27)/t17-/m0/s1. The van der Waals surface area contributed by atoms with Crippen LogP contribution in [-0.2, 0) is 32.5 Å². The molecule has 0 aliphatic carbocycles. The molecule has 0 aromatic heterocycles. The maximum atomic E-state index is 12.3. The van der Waals surface area contributed by atoms with Gasteiger partial charge >= 0.3 is 0 Å². The number of nitrogens with zero attached hydrogens (tertiary/aromatic N) is 1. The van der Waals surface area contributed by atoms with Crippen molar-refractivity contribution in [3.05, 3.63) is 63.6 Å². The number of sulfonamides is 1. The third-order valence-electron chi connectivity index (χ3n) is 5.01. The second-order valence-corrected chi connectivity index (χ2v) is 10.0. The number of amides is 1. The van der Waals surface area contributed by atoms with Crippen molar-refractivity contribution in [2.24, 2.45) is 0 Å². The Morgan fingerprint density at radius 2 is 1.84 bits per heavy atom. The lowest BCUT2D eigenvalue weighted by Gasteiger charge is -2.33. The fraction of sp³-hybridized carbons (Fsp3) is 0.381. The second-order valence-electron chi connectivity index (χ2n) is 7.31. The van der Waals surface area contributed by atoms with E-state index in [2.05, 4.69) is 14.9 Å². The Hall–Kier alpha value is -1.68. The van der Waals surface area contributed by atoms with Crippen LogP contribution >= 0.6 is 23.2 Å². The molecule has 10 heteroatoms. The van der Waals surface area contributed by atoms with E-state index in [1.807, 2.05) is 12.1 Å². The number of morpholine rings is 1. The van der Waals surface area contributed by atoms with Crippen LogP contribution in [0.2, 0.25) is 10.0 Å². The maximum absolute atomic E-state index is 12.3. The number of carbonyl (C=O) groups excluding carboxylic acids is 1. The van der Waals surface area contributed by atoms with Crippen molar-refractivity contribution in [1.82, 2.24) is 14.9 Å². The van der Waals surface area contributed by atoms with Crippen LogP contribution in [0, 0.1) is 0 Å². The largest absolute Gasteiger partial charge is 0.374 e. The van der Waals surface area contributed by atoms with E-state index in [0.717, 1.165) is 24.2 Å². The van der Waals surface area contributed by atoms with E-state index in [-0.39, 0.29) is 23.3 Å². The third-order valence-corrected chi connectivity index (χ3v) is 7.18. The molecule has 0 radical (unpaired) electrons. The van der Waals surface area contributed by atoms with Gasteiger partial charge in [-0.2, -0.15) is 0 Å². The zero-order valence-electron chi connectivity index (χ0n) is 17.1. The number of hydrogen-bond acceptors (Lipinski definition) is 5. The summed E-state index contributed by atoms with van der Waals surface area (Å²) in [5.74, 6) is -0.144. The predicted molar refractivity (Wildman–Crippen MR) is 121 cm³/mol. The molecule has 2 aromatic rings. The summed E-state index contributed by atoms with van der Waals surface area (Å²) in [5.41, 5.74) is 1.81. The van der Waals surface area contributed by atoms with Crippen molar-refractivity contribution >= 4 is 39.1 Å². The van der Waals surface area contributed by atoms with E-state index < -0.39 is 10.0 Å². The van der Waals surface area contributed by atoms with Crippen LogP contribution in [0.3, 0.4) is 0 Å². The van der Waals surface area contributed by atoms with Gasteiger partial charge in [0, 0.05) is 26.2 Å². The minimum atomic E-state index is -3.49. The Bertz CT molecular complexity index is 1020. The van der Waals surface area contributed by atoms with Gasteiger partial charge in [-0.25, -0.2) is 13.1 Å². The molecule has 1 heterocycles. The maximum Gasteiger partial charge on any atom is 0.240 e. The number of rotatable bonds is 8. The molecule has 1 atom stereocenters. The smallest absolute Gasteiger partial charge is 0.240 e. The highest BCUT2D eigenvalue weighted by atomic mass is 35.5. The third kappa shape index (κ3) is 6.90. The number of hydrogen-bond donors (Lipinski definition) is 2. The first-order valence-corrected chi connectivity index (χ1v) is 12.1. The van der Waals surface area contributed by atoms with Gasteiger partial charge in [-0.15, -0.1) is 0 Å². The van der Waals surface area contributed by atoms with E-state index >= 15 is 0 Å². The minimum Gasteiger partial charge on any atom is -0.374 e. The van der Waals surface area contributed by atoms with Gasteiger partial charge in [0.2, 0.25) is 15.9 Å². The van der Waals surface area contributed by atoms with Crippen molar-refractivity contribution in [2.75, 3.05) is 33.3 Å². The Kier molecular flexibility index (Phi) is 8.32. The number of nitrogens with one attached hydrogen (secondary N) is 2. The summed E-state index contributed by atoms with van der Waals surface area (Å²) in [6, 6.07) is 11.9. The molecule has 1 saturated heterocycles. The molecule has 3 rings (SSSR count). The summed E-state index contributed by atoms with van der Waals surface area (Å²) in [6.07, 6.45) is 0.0585. The van der Waals surface area contributed by atoms with Gasteiger partial charge in [0.15, 0.2) is 0 Å². The molecule has 2 N–H and O–H groups in total. The number of ether oxygens (including phenoxy) is 1. The highest BCUT2D eigenvalue weighted by molar-refractivity contribution is 7.89. The average molecular weight is 486 g/mol. The lowest BCUT2D eigenvalue weighted by atomic mass is 10.1. The Labute approximate surface area is 192 Å². The molecule has 1 aliphatic rings. The molecule has 1 fully saturated rings. The lowest BCUT2D eigenvalue weighted by Crippen LogP contribution is -2.47. The Balaban J connectivity index is 1.47. The van der Waals surface area contributed by atoms with Crippen LogP contribution in [0.1, 0.15) is 11.1 Å². The molecule has 0 unspecified atom stereocenters. The molecule has 31 heavy (non-hydrogen) atoms. The van der Waals surface area contributed by atoms with Crippen LogP contribution < -0.4 is 10.0 Å². The first-order valence-electron chi connectivity index (χ1n) is 9.84. The van der Waals surface area contributed by atoms with E-state index in [1.165, 1.54) is 19.2 Å². The van der Waals surface area contributed by atoms with Gasteiger partial charge < -0.3 is 10.1 Å². The topological polar surface area (TPSA) is 87.7 Å². The molecule has 0 saturated carbocycles.